The molecule has 0 unspecified atom stereocenters. The number of pyridine rings is 1. The van der Waals surface area contributed by atoms with Gasteiger partial charge in [0.1, 0.15) is 6.61 Å². The van der Waals surface area contributed by atoms with Gasteiger partial charge < -0.3 is 25.1 Å². The molecule has 0 fully saturated rings. The number of aliphatic hydroxyl groups excluding tert-OH is 1. The van der Waals surface area contributed by atoms with Gasteiger partial charge in [-0.05, 0) is 29.3 Å². The molecular weight excluding hydrogens is 320 g/mol. The Balaban J connectivity index is 1.66. The molecule has 2 aromatic rings. The normalized spacial score (nSPS) is 11.1. The minimum atomic E-state index is 0.0277. The lowest BCUT2D eigenvalue weighted by Gasteiger charge is -2.07. The zero-order valence-electron chi connectivity index (χ0n) is 14.1. The van der Waals surface area contributed by atoms with Crippen LogP contribution in [0.2, 0.25) is 0 Å². The summed E-state index contributed by atoms with van der Waals surface area (Å²) in [4.78, 5) is 4.26. The second-order valence-electron chi connectivity index (χ2n) is 5.23. The van der Waals surface area contributed by atoms with Gasteiger partial charge in [0.05, 0.1) is 33.0 Å². The Hall–Kier alpha value is -2.41. The van der Waals surface area contributed by atoms with Gasteiger partial charge in [-0.3, -0.25) is 0 Å². The molecule has 0 aliphatic heterocycles. The van der Waals surface area contributed by atoms with Gasteiger partial charge in [0.25, 0.3) is 0 Å². The summed E-state index contributed by atoms with van der Waals surface area (Å²) in [5, 5.41) is 8.55. The smallest absolute Gasteiger partial charge is 0.213 e. The first-order valence-corrected chi connectivity index (χ1v) is 8.17. The van der Waals surface area contributed by atoms with Crippen LogP contribution in [0.3, 0.4) is 0 Å². The van der Waals surface area contributed by atoms with E-state index in [0.29, 0.717) is 38.9 Å². The molecule has 0 atom stereocenters. The number of aliphatic hydroxyl groups is 1. The molecular formula is C19H24N2O4. The lowest BCUT2D eigenvalue weighted by atomic mass is 10.1. The number of nitrogen functional groups attached to an aromatic ring is 1. The maximum absolute atomic E-state index is 8.55. The molecule has 134 valence electrons. The molecule has 6 nitrogen and oxygen atoms in total. The molecule has 0 radical (unpaired) electrons. The molecule has 0 spiro atoms. The summed E-state index contributed by atoms with van der Waals surface area (Å²) < 4.78 is 15.9. The van der Waals surface area contributed by atoms with Crippen LogP contribution in [-0.2, 0) is 9.47 Å². The minimum Gasteiger partial charge on any atom is -0.475 e. The van der Waals surface area contributed by atoms with Gasteiger partial charge in [-0.25, -0.2) is 4.98 Å². The van der Waals surface area contributed by atoms with E-state index in [2.05, 4.69) is 4.98 Å². The van der Waals surface area contributed by atoms with E-state index in [1.165, 1.54) is 0 Å². The molecule has 1 heterocycles. The fraction of sp³-hybridized carbons (Fsp3) is 0.316. The first-order chi connectivity index (χ1) is 12.3. The summed E-state index contributed by atoms with van der Waals surface area (Å²) in [5.41, 5.74) is 8.48. The summed E-state index contributed by atoms with van der Waals surface area (Å²) >= 11 is 0. The Morgan fingerprint density at radius 2 is 1.48 bits per heavy atom. The fourth-order valence-corrected chi connectivity index (χ4v) is 1.97. The second kappa shape index (κ2) is 11.2. The Morgan fingerprint density at radius 3 is 2.16 bits per heavy atom. The van der Waals surface area contributed by atoms with Gasteiger partial charge in [0.15, 0.2) is 0 Å². The number of anilines is 1. The average Bonchev–Trinajstić information content (AvgIpc) is 2.64. The van der Waals surface area contributed by atoms with Crippen molar-refractivity contribution in [3.63, 3.8) is 0 Å². The molecule has 3 N–H and O–H groups in total. The van der Waals surface area contributed by atoms with Crippen molar-refractivity contribution in [2.45, 2.75) is 0 Å². The molecule has 0 aliphatic carbocycles. The van der Waals surface area contributed by atoms with Gasteiger partial charge in [0, 0.05) is 18.0 Å². The van der Waals surface area contributed by atoms with Gasteiger partial charge in [-0.15, -0.1) is 0 Å². The largest absolute Gasteiger partial charge is 0.475 e. The maximum Gasteiger partial charge on any atom is 0.213 e. The number of benzene rings is 1. The van der Waals surface area contributed by atoms with Crippen LogP contribution in [0.25, 0.3) is 12.2 Å². The molecule has 6 heteroatoms. The number of nitrogens with two attached hydrogens (primary N) is 1. The van der Waals surface area contributed by atoms with Crippen LogP contribution in [0.5, 0.6) is 5.88 Å². The fourth-order valence-electron chi connectivity index (χ4n) is 1.97. The molecule has 25 heavy (non-hydrogen) atoms. The number of rotatable bonds is 11. The van der Waals surface area contributed by atoms with Crippen LogP contribution in [0.15, 0.2) is 42.6 Å². The number of aromatic nitrogens is 1. The van der Waals surface area contributed by atoms with Crippen molar-refractivity contribution in [3.8, 4) is 5.88 Å². The van der Waals surface area contributed by atoms with Gasteiger partial charge in [-0.1, -0.05) is 24.3 Å². The van der Waals surface area contributed by atoms with Crippen LogP contribution in [0, 0.1) is 0 Å². The van der Waals surface area contributed by atoms with E-state index in [-0.39, 0.29) is 6.61 Å². The highest BCUT2D eigenvalue weighted by atomic mass is 16.5. The Kier molecular flexibility index (Phi) is 8.48. The van der Waals surface area contributed by atoms with E-state index in [1.54, 1.807) is 6.20 Å². The maximum atomic E-state index is 8.55. The summed E-state index contributed by atoms with van der Waals surface area (Å²) in [7, 11) is 0. The third-order valence-corrected chi connectivity index (χ3v) is 3.25. The van der Waals surface area contributed by atoms with Gasteiger partial charge >= 0.3 is 0 Å². The van der Waals surface area contributed by atoms with Crippen molar-refractivity contribution in [1.29, 1.82) is 0 Å². The zero-order valence-corrected chi connectivity index (χ0v) is 14.1. The third-order valence-electron chi connectivity index (χ3n) is 3.25. The third kappa shape index (κ3) is 7.80. The summed E-state index contributed by atoms with van der Waals surface area (Å²) in [6, 6.07) is 11.4. The molecule has 0 aliphatic rings. The van der Waals surface area contributed by atoms with Crippen molar-refractivity contribution < 1.29 is 19.3 Å². The monoisotopic (exact) mass is 344 g/mol. The molecule has 0 bridgehead atoms. The van der Waals surface area contributed by atoms with Crippen LogP contribution in [0.1, 0.15) is 11.1 Å². The van der Waals surface area contributed by atoms with Crippen molar-refractivity contribution in [2.75, 3.05) is 45.4 Å². The standard InChI is InChI=1S/C19H24N2O4/c20-18-6-3-16(4-7-18)1-2-17-5-8-19(21-15-17)25-14-13-24-12-11-23-10-9-22/h1-8,15,22H,9-14,20H2/b2-1+. The molecule has 1 aromatic carbocycles. The molecule has 2 rings (SSSR count). The van der Waals surface area contributed by atoms with Gasteiger partial charge in [0.2, 0.25) is 5.88 Å². The molecule has 0 amide bonds. The number of ether oxygens (including phenoxy) is 3. The summed E-state index contributed by atoms with van der Waals surface area (Å²) in [6.07, 6.45) is 5.74. The number of hydrogen-bond acceptors (Lipinski definition) is 6. The Bertz CT molecular complexity index is 627. The van der Waals surface area contributed by atoms with Crippen molar-refractivity contribution in [2.24, 2.45) is 0 Å². The van der Waals surface area contributed by atoms with Crippen LogP contribution in [-0.4, -0.2) is 49.7 Å². The minimum absolute atomic E-state index is 0.0277. The van der Waals surface area contributed by atoms with E-state index in [0.717, 1.165) is 16.8 Å². The van der Waals surface area contributed by atoms with E-state index >= 15 is 0 Å². The van der Waals surface area contributed by atoms with E-state index in [1.807, 2.05) is 48.6 Å². The first kappa shape index (κ1) is 18.9. The quantitative estimate of drug-likeness (QED) is 0.480. The topological polar surface area (TPSA) is 86.8 Å². The van der Waals surface area contributed by atoms with Crippen LogP contribution in [0.4, 0.5) is 5.69 Å². The van der Waals surface area contributed by atoms with Crippen LogP contribution < -0.4 is 10.5 Å². The lowest BCUT2D eigenvalue weighted by Crippen LogP contribution is -2.12. The van der Waals surface area contributed by atoms with Gasteiger partial charge in [-0.2, -0.15) is 0 Å². The van der Waals surface area contributed by atoms with E-state index < -0.39 is 0 Å². The van der Waals surface area contributed by atoms with Crippen molar-refractivity contribution in [3.05, 3.63) is 53.7 Å². The summed E-state index contributed by atoms with van der Waals surface area (Å²) in [5.74, 6) is 0.560. The Morgan fingerprint density at radius 1 is 0.840 bits per heavy atom. The average molecular weight is 344 g/mol. The Labute approximate surface area is 147 Å². The van der Waals surface area contributed by atoms with E-state index in [4.69, 9.17) is 25.1 Å². The zero-order chi connectivity index (χ0) is 17.7. The second-order valence-corrected chi connectivity index (χ2v) is 5.23. The SMILES string of the molecule is Nc1ccc(/C=C/c2ccc(OCCOCCOCCO)nc2)cc1. The van der Waals surface area contributed by atoms with Crippen molar-refractivity contribution >= 4 is 17.8 Å². The summed E-state index contributed by atoms with van der Waals surface area (Å²) in [6.45, 7) is 2.19. The lowest BCUT2D eigenvalue weighted by molar-refractivity contribution is 0.0243. The predicted octanol–water partition coefficient (Wildman–Crippen LogP) is 2.24. The van der Waals surface area contributed by atoms with Crippen LogP contribution >= 0.6 is 0 Å². The molecule has 0 saturated carbocycles. The predicted molar refractivity (Wildman–Crippen MR) is 98.2 cm³/mol. The van der Waals surface area contributed by atoms with Crippen molar-refractivity contribution in [1.82, 2.24) is 4.98 Å². The first-order valence-electron chi connectivity index (χ1n) is 8.17. The number of nitrogens with zero attached hydrogens (tertiary/aromatic N) is 1. The highest BCUT2D eigenvalue weighted by molar-refractivity contribution is 5.69. The van der Waals surface area contributed by atoms with E-state index in [9.17, 15) is 0 Å². The molecule has 1 aromatic heterocycles. The highest BCUT2D eigenvalue weighted by Crippen LogP contribution is 2.12. The molecule has 0 saturated heterocycles. The number of hydrogen-bond donors (Lipinski definition) is 2. The highest BCUT2D eigenvalue weighted by Gasteiger charge is 1.96.